The molecule has 0 saturated carbocycles. The SMILES string of the molecule is COc1ccc(CS(=O)C=Cc2ccccc2[N+](=O)[O-])cc1. The van der Waals surface area contributed by atoms with Crippen LogP contribution in [0.1, 0.15) is 11.1 Å². The number of nitrogens with zero attached hydrogens (tertiary/aromatic N) is 1. The highest BCUT2D eigenvalue weighted by molar-refractivity contribution is 7.87. The van der Waals surface area contributed by atoms with Gasteiger partial charge in [-0.25, -0.2) is 0 Å². The Hall–Kier alpha value is -2.47. The molecule has 0 bridgehead atoms. The molecular formula is C16H15NO4S. The lowest BCUT2D eigenvalue weighted by Crippen LogP contribution is -1.93. The quantitative estimate of drug-likeness (QED) is 0.604. The molecule has 2 aromatic carbocycles. The fourth-order valence-electron chi connectivity index (χ4n) is 1.88. The Balaban J connectivity index is 2.06. The monoisotopic (exact) mass is 317 g/mol. The molecule has 0 spiro atoms. The first-order chi connectivity index (χ1) is 10.6. The normalized spacial score (nSPS) is 12.2. The molecule has 0 aliphatic heterocycles. The molecule has 0 aliphatic carbocycles. The molecule has 2 rings (SSSR count). The van der Waals surface area contributed by atoms with Crippen molar-refractivity contribution in [2.45, 2.75) is 5.75 Å². The molecule has 1 atom stereocenters. The Morgan fingerprint density at radius 3 is 2.50 bits per heavy atom. The largest absolute Gasteiger partial charge is 0.497 e. The standard InChI is InChI=1S/C16H15NO4S/c1-21-15-8-6-13(7-9-15)12-22(20)11-10-14-4-2-3-5-16(14)17(18)19/h2-11H,12H2,1H3. The van der Waals surface area contributed by atoms with Gasteiger partial charge < -0.3 is 4.74 Å². The number of benzene rings is 2. The molecule has 0 amide bonds. The number of nitro groups is 1. The summed E-state index contributed by atoms with van der Waals surface area (Å²) in [5, 5.41) is 12.4. The Morgan fingerprint density at radius 1 is 1.18 bits per heavy atom. The smallest absolute Gasteiger partial charge is 0.276 e. The first-order valence-corrected chi connectivity index (χ1v) is 7.90. The summed E-state index contributed by atoms with van der Waals surface area (Å²) in [4.78, 5) is 10.4. The number of rotatable bonds is 6. The molecule has 0 aromatic heterocycles. The van der Waals surface area contributed by atoms with E-state index < -0.39 is 15.7 Å². The summed E-state index contributed by atoms with van der Waals surface area (Å²) in [5.41, 5.74) is 1.35. The van der Waals surface area contributed by atoms with Crippen LogP contribution in [0.4, 0.5) is 5.69 Å². The summed E-state index contributed by atoms with van der Waals surface area (Å²) in [6.45, 7) is 0. The van der Waals surface area contributed by atoms with Crippen LogP contribution in [0.3, 0.4) is 0 Å². The average Bonchev–Trinajstić information content (AvgIpc) is 2.54. The van der Waals surface area contributed by atoms with Gasteiger partial charge in [0.05, 0.1) is 34.1 Å². The number of hydrogen-bond donors (Lipinski definition) is 0. The van der Waals surface area contributed by atoms with E-state index >= 15 is 0 Å². The molecule has 0 fully saturated rings. The van der Waals surface area contributed by atoms with Gasteiger partial charge in [0, 0.05) is 11.5 Å². The van der Waals surface area contributed by atoms with E-state index in [0.717, 1.165) is 11.3 Å². The first kappa shape index (κ1) is 15.9. The molecule has 0 heterocycles. The van der Waals surface area contributed by atoms with Crippen LogP contribution in [0.5, 0.6) is 5.75 Å². The summed E-state index contributed by atoms with van der Waals surface area (Å²) in [7, 11) is 0.340. The third kappa shape index (κ3) is 4.26. The lowest BCUT2D eigenvalue weighted by atomic mass is 10.2. The summed E-state index contributed by atoms with van der Waals surface area (Å²) in [6.07, 6.45) is 1.53. The van der Waals surface area contributed by atoms with Gasteiger partial charge in [-0.05, 0) is 29.8 Å². The maximum absolute atomic E-state index is 12.0. The van der Waals surface area contributed by atoms with Crippen molar-refractivity contribution in [2.24, 2.45) is 0 Å². The van der Waals surface area contributed by atoms with Crippen LogP contribution in [-0.4, -0.2) is 16.2 Å². The zero-order valence-electron chi connectivity index (χ0n) is 12.0. The molecule has 114 valence electrons. The average molecular weight is 317 g/mol. The molecule has 5 nitrogen and oxygen atoms in total. The highest BCUT2D eigenvalue weighted by Crippen LogP contribution is 2.19. The molecule has 0 saturated heterocycles. The zero-order valence-corrected chi connectivity index (χ0v) is 12.8. The predicted octanol–water partition coefficient (Wildman–Crippen LogP) is 3.52. The van der Waals surface area contributed by atoms with Crippen molar-refractivity contribution in [3.8, 4) is 5.75 Å². The summed E-state index contributed by atoms with van der Waals surface area (Å²) < 4.78 is 17.1. The van der Waals surface area contributed by atoms with E-state index in [0.29, 0.717) is 11.3 Å². The van der Waals surface area contributed by atoms with Crippen LogP contribution in [0.15, 0.2) is 53.9 Å². The second-order valence-corrected chi connectivity index (χ2v) is 5.81. The van der Waals surface area contributed by atoms with E-state index in [1.165, 1.54) is 17.6 Å². The molecule has 6 heteroatoms. The van der Waals surface area contributed by atoms with Crippen LogP contribution in [-0.2, 0) is 16.6 Å². The lowest BCUT2D eigenvalue weighted by molar-refractivity contribution is -0.385. The van der Waals surface area contributed by atoms with Crippen molar-refractivity contribution in [1.82, 2.24) is 0 Å². The van der Waals surface area contributed by atoms with Gasteiger partial charge in [-0.2, -0.15) is 0 Å². The van der Waals surface area contributed by atoms with Gasteiger partial charge >= 0.3 is 0 Å². The number of methoxy groups -OCH3 is 1. The highest BCUT2D eigenvalue weighted by atomic mass is 32.2. The van der Waals surface area contributed by atoms with Gasteiger partial charge in [0.25, 0.3) is 5.69 Å². The minimum atomic E-state index is -1.25. The van der Waals surface area contributed by atoms with Gasteiger partial charge in [-0.3, -0.25) is 14.3 Å². The van der Waals surface area contributed by atoms with Crippen molar-refractivity contribution >= 4 is 22.6 Å². The highest BCUT2D eigenvalue weighted by Gasteiger charge is 2.09. The molecular weight excluding hydrogens is 302 g/mol. The van der Waals surface area contributed by atoms with Gasteiger partial charge in [0.2, 0.25) is 0 Å². The van der Waals surface area contributed by atoms with E-state index in [1.54, 1.807) is 37.4 Å². The number of hydrogen-bond acceptors (Lipinski definition) is 4. The van der Waals surface area contributed by atoms with E-state index in [-0.39, 0.29) is 5.69 Å². The topological polar surface area (TPSA) is 69.4 Å². The van der Waals surface area contributed by atoms with Crippen molar-refractivity contribution in [2.75, 3.05) is 7.11 Å². The molecule has 0 N–H and O–H groups in total. The Kier molecular flexibility index (Phi) is 5.43. The van der Waals surface area contributed by atoms with Crippen LogP contribution in [0.2, 0.25) is 0 Å². The van der Waals surface area contributed by atoms with Crippen LogP contribution in [0, 0.1) is 10.1 Å². The van der Waals surface area contributed by atoms with Gasteiger partial charge in [0.1, 0.15) is 5.75 Å². The fraction of sp³-hybridized carbons (Fsp3) is 0.125. The maximum Gasteiger partial charge on any atom is 0.276 e. The zero-order chi connectivity index (χ0) is 15.9. The Morgan fingerprint density at radius 2 is 1.86 bits per heavy atom. The maximum atomic E-state index is 12.0. The number of ether oxygens (including phenoxy) is 1. The summed E-state index contributed by atoms with van der Waals surface area (Å²) >= 11 is 0. The van der Waals surface area contributed by atoms with Gasteiger partial charge in [0.15, 0.2) is 0 Å². The fourth-order valence-corrected chi connectivity index (χ4v) is 2.79. The molecule has 22 heavy (non-hydrogen) atoms. The molecule has 0 radical (unpaired) electrons. The summed E-state index contributed by atoms with van der Waals surface area (Å²) in [6, 6.07) is 13.6. The Bertz CT molecular complexity index is 710. The third-order valence-electron chi connectivity index (χ3n) is 3.00. The van der Waals surface area contributed by atoms with Crippen molar-refractivity contribution in [3.05, 3.63) is 75.2 Å². The molecule has 0 aliphatic rings. The second-order valence-electron chi connectivity index (χ2n) is 4.49. The number of nitro benzene ring substituents is 1. The second kappa shape index (κ2) is 7.51. The molecule has 2 aromatic rings. The van der Waals surface area contributed by atoms with Crippen LogP contribution >= 0.6 is 0 Å². The predicted molar refractivity (Wildman–Crippen MR) is 87.0 cm³/mol. The van der Waals surface area contributed by atoms with E-state index in [9.17, 15) is 14.3 Å². The Labute approximate surface area is 130 Å². The van der Waals surface area contributed by atoms with Crippen molar-refractivity contribution in [1.29, 1.82) is 0 Å². The van der Waals surface area contributed by atoms with E-state index in [1.807, 2.05) is 12.1 Å². The lowest BCUT2D eigenvalue weighted by Gasteiger charge is -2.02. The third-order valence-corrected chi connectivity index (χ3v) is 4.06. The first-order valence-electron chi connectivity index (χ1n) is 6.52. The van der Waals surface area contributed by atoms with Gasteiger partial charge in [-0.1, -0.05) is 24.3 Å². The van der Waals surface area contributed by atoms with E-state index in [2.05, 4.69) is 0 Å². The van der Waals surface area contributed by atoms with E-state index in [4.69, 9.17) is 4.74 Å². The minimum absolute atomic E-state index is 0.000183. The molecule has 1 unspecified atom stereocenters. The van der Waals surface area contributed by atoms with Crippen molar-refractivity contribution in [3.63, 3.8) is 0 Å². The summed E-state index contributed by atoms with van der Waals surface area (Å²) in [5.74, 6) is 1.09. The van der Waals surface area contributed by atoms with Crippen LogP contribution in [0.25, 0.3) is 6.08 Å². The van der Waals surface area contributed by atoms with Gasteiger partial charge in [-0.15, -0.1) is 0 Å². The minimum Gasteiger partial charge on any atom is -0.497 e. The van der Waals surface area contributed by atoms with Crippen LogP contribution < -0.4 is 4.74 Å². The van der Waals surface area contributed by atoms with Crippen molar-refractivity contribution < 1.29 is 13.9 Å². The number of para-hydroxylation sites is 1.